The minimum absolute atomic E-state index is 0.108. The van der Waals surface area contributed by atoms with Gasteiger partial charge in [0.2, 0.25) is 0 Å². The topological polar surface area (TPSA) is 81.2 Å². The Morgan fingerprint density at radius 2 is 1.58 bits per heavy atom. The average molecular weight is 586 g/mol. The van der Waals surface area contributed by atoms with E-state index >= 15 is 0 Å². The van der Waals surface area contributed by atoms with Crippen LogP contribution in [-0.2, 0) is 27.2 Å². The monoisotopic (exact) mass is 585 g/mol. The van der Waals surface area contributed by atoms with Crippen LogP contribution in [0.1, 0.15) is 62.6 Å². The number of fused-ring (bicyclic) bond motifs is 1. The molecule has 0 unspecified atom stereocenters. The van der Waals surface area contributed by atoms with Crippen molar-refractivity contribution in [2.24, 2.45) is 0 Å². The van der Waals surface area contributed by atoms with Crippen molar-refractivity contribution in [1.82, 2.24) is 14.8 Å². The fourth-order valence-corrected chi connectivity index (χ4v) is 6.49. The van der Waals surface area contributed by atoms with Gasteiger partial charge in [-0.15, -0.1) is 0 Å². The van der Waals surface area contributed by atoms with Gasteiger partial charge in [0.1, 0.15) is 29.2 Å². The van der Waals surface area contributed by atoms with Crippen LogP contribution in [0.5, 0.6) is 11.5 Å². The van der Waals surface area contributed by atoms with Crippen LogP contribution in [0, 0.1) is 0 Å². The first-order chi connectivity index (χ1) is 21.1. The van der Waals surface area contributed by atoms with Gasteiger partial charge in [0.15, 0.2) is 0 Å². The average Bonchev–Trinajstić information content (AvgIpc) is 3.01. The molecule has 0 radical (unpaired) electrons. The van der Waals surface area contributed by atoms with Crippen molar-refractivity contribution < 1.29 is 23.8 Å². The Bertz CT molecular complexity index is 1360. The van der Waals surface area contributed by atoms with Gasteiger partial charge in [-0.05, 0) is 74.8 Å². The van der Waals surface area contributed by atoms with Gasteiger partial charge >= 0.3 is 12.4 Å². The van der Waals surface area contributed by atoms with E-state index in [-0.39, 0.29) is 19.0 Å². The molecule has 2 aromatic carbocycles. The van der Waals surface area contributed by atoms with E-state index in [4.69, 9.17) is 14.5 Å². The number of likely N-dealkylation sites (tertiary alicyclic amines) is 2. The summed E-state index contributed by atoms with van der Waals surface area (Å²) in [5.41, 5.74) is 2.92. The zero-order valence-corrected chi connectivity index (χ0v) is 25.0. The highest BCUT2D eigenvalue weighted by Crippen LogP contribution is 2.29. The van der Waals surface area contributed by atoms with Crippen molar-refractivity contribution in [2.45, 2.75) is 82.5 Å². The number of aryl methyl sites for hydroxylation is 1. The van der Waals surface area contributed by atoms with Crippen molar-refractivity contribution in [3.63, 3.8) is 0 Å². The van der Waals surface area contributed by atoms with E-state index in [0.29, 0.717) is 12.5 Å². The summed E-state index contributed by atoms with van der Waals surface area (Å²) >= 11 is 0. The number of esters is 1. The normalized spacial score (nSPS) is 19.2. The number of para-hydroxylation sites is 1. The third kappa shape index (κ3) is 7.92. The highest BCUT2D eigenvalue weighted by atomic mass is 16.6. The molecule has 1 saturated carbocycles. The minimum Gasteiger partial charge on any atom is -0.490 e. The summed E-state index contributed by atoms with van der Waals surface area (Å²) in [6, 6.07) is 19.5. The first kappa shape index (κ1) is 29.6. The van der Waals surface area contributed by atoms with E-state index in [1.165, 1.54) is 37.9 Å². The van der Waals surface area contributed by atoms with Crippen LogP contribution < -0.4 is 9.47 Å². The predicted octanol–water partition coefficient (Wildman–Crippen LogP) is 5.35. The third-order valence-corrected chi connectivity index (χ3v) is 9.34. The lowest BCUT2D eigenvalue weighted by Crippen LogP contribution is -2.46. The number of ether oxygens (including phenoxy) is 3. The lowest BCUT2D eigenvalue weighted by molar-refractivity contribution is -0.151. The number of piperidine rings is 2. The Morgan fingerprint density at radius 3 is 2.30 bits per heavy atom. The molecule has 0 N–H and O–H groups in total. The van der Waals surface area contributed by atoms with E-state index in [2.05, 4.69) is 38.8 Å². The number of rotatable bonds is 12. The summed E-state index contributed by atoms with van der Waals surface area (Å²) in [6.45, 7) is 5.58. The van der Waals surface area contributed by atoms with E-state index < -0.39 is 5.97 Å². The molecule has 3 heterocycles. The third-order valence-electron chi connectivity index (χ3n) is 9.34. The molecule has 228 valence electrons. The number of aromatic nitrogens is 1. The smallest absolute Gasteiger partial charge is 0.313 e. The van der Waals surface area contributed by atoms with Gasteiger partial charge < -0.3 is 24.0 Å². The van der Waals surface area contributed by atoms with E-state index in [9.17, 15) is 9.59 Å². The van der Waals surface area contributed by atoms with Crippen LogP contribution in [0.2, 0.25) is 0 Å². The van der Waals surface area contributed by atoms with Crippen molar-refractivity contribution in [3.8, 4) is 11.5 Å². The van der Waals surface area contributed by atoms with Gasteiger partial charge in [0.25, 0.3) is 0 Å². The number of benzene rings is 2. The SMILES string of the molecule is O=COC(=O)CCc1ccc2cccc(OC3CCN(CCc4ccc(OC5CCN(C6CCC6)CC5)cc4)CC3)c2n1. The molecule has 3 fully saturated rings. The van der Waals surface area contributed by atoms with E-state index in [1.54, 1.807) is 0 Å². The molecular weight excluding hydrogens is 542 g/mol. The maximum absolute atomic E-state index is 11.6. The molecule has 1 aromatic heterocycles. The summed E-state index contributed by atoms with van der Waals surface area (Å²) in [5.74, 6) is 1.23. The molecule has 2 aliphatic heterocycles. The highest BCUT2D eigenvalue weighted by Gasteiger charge is 2.29. The lowest BCUT2D eigenvalue weighted by Gasteiger charge is -2.41. The van der Waals surface area contributed by atoms with Crippen molar-refractivity contribution in [2.75, 3.05) is 32.7 Å². The maximum atomic E-state index is 11.6. The predicted molar refractivity (Wildman–Crippen MR) is 165 cm³/mol. The largest absolute Gasteiger partial charge is 0.490 e. The highest BCUT2D eigenvalue weighted by molar-refractivity contribution is 5.84. The fraction of sp³-hybridized carbons (Fsp3) is 0.514. The number of nitrogens with zero attached hydrogens (tertiary/aromatic N) is 3. The summed E-state index contributed by atoms with van der Waals surface area (Å²) in [5, 5.41) is 1.000. The molecule has 2 saturated heterocycles. The van der Waals surface area contributed by atoms with Crippen LogP contribution in [0.4, 0.5) is 0 Å². The van der Waals surface area contributed by atoms with Crippen LogP contribution in [-0.4, -0.2) is 78.2 Å². The summed E-state index contributed by atoms with van der Waals surface area (Å²) < 4.78 is 17.2. The minimum atomic E-state index is -0.552. The Balaban J connectivity index is 0.932. The molecule has 0 amide bonds. The molecule has 3 aliphatic rings. The molecule has 6 rings (SSSR count). The second-order valence-electron chi connectivity index (χ2n) is 12.2. The van der Waals surface area contributed by atoms with Crippen LogP contribution in [0.3, 0.4) is 0 Å². The van der Waals surface area contributed by atoms with Crippen LogP contribution >= 0.6 is 0 Å². The molecule has 3 aromatic rings. The van der Waals surface area contributed by atoms with Gasteiger partial charge in [-0.2, -0.15) is 0 Å². The number of hydrogen-bond donors (Lipinski definition) is 0. The first-order valence-corrected chi connectivity index (χ1v) is 16.0. The number of pyridine rings is 1. The van der Waals surface area contributed by atoms with Gasteiger partial charge in [0.05, 0.1) is 6.42 Å². The second kappa shape index (κ2) is 14.3. The van der Waals surface area contributed by atoms with Crippen molar-refractivity contribution in [1.29, 1.82) is 0 Å². The van der Waals surface area contributed by atoms with Gasteiger partial charge in [-0.3, -0.25) is 9.59 Å². The summed E-state index contributed by atoms with van der Waals surface area (Å²) in [7, 11) is 0. The number of carbonyl (C=O) groups excluding carboxylic acids is 2. The molecule has 0 spiro atoms. The Labute approximate surface area is 254 Å². The van der Waals surface area contributed by atoms with Gasteiger partial charge in [0, 0.05) is 56.3 Å². The second-order valence-corrected chi connectivity index (χ2v) is 12.2. The van der Waals surface area contributed by atoms with E-state index in [1.807, 2.05) is 30.3 Å². The van der Waals surface area contributed by atoms with E-state index in [0.717, 1.165) is 85.9 Å². The number of hydrogen-bond acceptors (Lipinski definition) is 8. The molecule has 0 bridgehead atoms. The number of carbonyl (C=O) groups is 2. The fourth-order valence-electron chi connectivity index (χ4n) is 6.49. The summed E-state index contributed by atoms with van der Waals surface area (Å²) in [6.07, 6.45) is 10.4. The Hall–Kier alpha value is -3.49. The molecule has 8 nitrogen and oxygen atoms in total. The zero-order chi connectivity index (χ0) is 29.4. The molecular formula is C35H43N3O5. The lowest BCUT2D eigenvalue weighted by atomic mass is 9.90. The first-order valence-electron chi connectivity index (χ1n) is 16.0. The van der Waals surface area contributed by atoms with Crippen LogP contribution in [0.15, 0.2) is 54.6 Å². The quantitative estimate of drug-likeness (QED) is 0.160. The standard InChI is InChI=1S/C35H43N3O5/c39-25-41-34(40)14-11-28-10-9-27-3-1-6-33(35(27)36-28)43-32-16-21-37(22-17-32)20-15-26-7-12-30(13-8-26)42-31-18-23-38(24-19-31)29-4-2-5-29/h1,3,6-10,12-13,25,29,31-32H,2,4-5,11,14-24H2. The molecule has 43 heavy (non-hydrogen) atoms. The maximum Gasteiger partial charge on any atom is 0.313 e. The van der Waals surface area contributed by atoms with Crippen LogP contribution in [0.25, 0.3) is 10.9 Å². The Kier molecular flexibility index (Phi) is 9.85. The molecule has 8 heteroatoms. The zero-order valence-electron chi connectivity index (χ0n) is 25.0. The summed E-state index contributed by atoms with van der Waals surface area (Å²) in [4.78, 5) is 31.9. The van der Waals surface area contributed by atoms with Crippen molar-refractivity contribution >= 4 is 23.3 Å². The Morgan fingerprint density at radius 1 is 0.837 bits per heavy atom. The van der Waals surface area contributed by atoms with Crippen molar-refractivity contribution in [3.05, 3.63) is 65.9 Å². The van der Waals surface area contributed by atoms with Gasteiger partial charge in [-0.25, -0.2) is 4.98 Å². The molecule has 0 atom stereocenters. The molecule has 1 aliphatic carbocycles. The van der Waals surface area contributed by atoms with Gasteiger partial charge in [-0.1, -0.05) is 36.8 Å².